The van der Waals surface area contributed by atoms with E-state index in [2.05, 4.69) is 15.3 Å². The fourth-order valence-corrected chi connectivity index (χ4v) is 3.46. The molecule has 1 N–H and O–H groups in total. The van der Waals surface area contributed by atoms with Crippen molar-refractivity contribution in [3.8, 4) is 0 Å². The lowest BCUT2D eigenvalue weighted by Gasteiger charge is -2.06. The van der Waals surface area contributed by atoms with E-state index in [0.29, 0.717) is 11.0 Å². The highest BCUT2D eigenvalue weighted by Gasteiger charge is 2.13. The van der Waals surface area contributed by atoms with Crippen LogP contribution in [0.1, 0.15) is 0 Å². The van der Waals surface area contributed by atoms with E-state index in [0.717, 1.165) is 34.1 Å². The molecule has 0 aliphatic carbocycles. The SMILES string of the molecule is CNc1nc(Sc2cc(F)ccc2F)c2ccsc2n1. The van der Waals surface area contributed by atoms with Crippen molar-refractivity contribution in [1.82, 2.24) is 9.97 Å². The number of hydrogen-bond donors (Lipinski definition) is 1. The lowest BCUT2D eigenvalue weighted by molar-refractivity contribution is 0.577. The first-order valence-corrected chi connectivity index (χ1v) is 7.43. The van der Waals surface area contributed by atoms with Crippen LogP contribution in [0.4, 0.5) is 14.7 Å². The van der Waals surface area contributed by atoms with Gasteiger partial charge >= 0.3 is 0 Å². The molecule has 0 saturated carbocycles. The molecule has 0 atom stereocenters. The van der Waals surface area contributed by atoms with Gasteiger partial charge < -0.3 is 5.32 Å². The molecule has 0 unspecified atom stereocenters. The second-order valence-corrected chi connectivity index (χ2v) is 5.84. The molecule has 3 aromatic rings. The normalized spacial score (nSPS) is 10.9. The van der Waals surface area contributed by atoms with Crippen LogP contribution in [0, 0.1) is 11.6 Å². The van der Waals surface area contributed by atoms with Crippen molar-refractivity contribution in [2.24, 2.45) is 0 Å². The van der Waals surface area contributed by atoms with Gasteiger partial charge in [-0.2, -0.15) is 0 Å². The maximum absolute atomic E-state index is 13.7. The van der Waals surface area contributed by atoms with Crippen molar-refractivity contribution in [3.63, 3.8) is 0 Å². The third-order valence-electron chi connectivity index (χ3n) is 2.61. The number of benzene rings is 1. The van der Waals surface area contributed by atoms with Crippen molar-refractivity contribution in [3.05, 3.63) is 41.3 Å². The lowest BCUT2D eigenvalue weighted by Crippen LogP contribution is -1.97. The molecular weight excluding hydrogens is 300 g/mol. The predicted octanol–water partition coefficient (Wildman–Crippen LogP) is 4.16. The van der Waals surface area contributed by atoms with Gasteiger partial charge in [-0.05, 0) is 29.6 Å². The van der Waals surface area contributed by atoms with E-state index in [1.165, 1.54) is 17.4 Å². The van der Waals surface area contributed by atoms with Crippen LogP contribution < -0.4 is 5.32 Å². The summed E-state index contributed by atoms with van der Waals surface area (Å²) in [6.07, 6.45) is 0. The summed E-state index contributed by atoms with van der Waals surface area (Å²) in [4.78, 5) is 9.64. The van der Waals surface area contributed by atoms with E-state index in [1.807, 2.05) is 11.4 Å². The summed E-state index contributed by atoms with van der Waals surface area (Å²) < 4.78 is 26.9. The molecular formula is C13H9F2N3S2. The Bertz CT molecular complexity index is 773. The summed E-state index contributed by atoms with van der Waals surface area (Å²) in [6.45, 7) is 0. The van der Waals surface area contributed by atoms with Crippen molar-refractivity contribution < 1.29 is 8.78 Å². The minimum atomic E-state index is -0.474. The van der Waals surface area contributed by atoms with Crippen LogP contribution >= 0.6 is 23.1 Å². The Kier molecular flexibility index (Phi) is 3.54. The average Bonchev–Trinajstić information content (AvgIpc) is 2.91. The number of aromatic nitrogens is 2. The van der Waals surface area contributed by atoms with Crippen molar-refractivity contribution in [2.75, 3.05) is 12.4 Å². The van der Waals surface area contributed by atoms with Gasteiger partial charge in [-0.3, -0.25) is 0 Å². The highest BCUT2D eigenvalue weighted by molar-refractivity contribution is 7.99. The third kappa shape index (κ3) is 2.46. The maximum atomic E-state index is 13.7. The Morgan fingerprint density at radius 1 is 1.20 bits per heavy atom. The van der Waals surface area contributed by atoms with Crippen LogP contribution in [0.5, 0.6) is 0 Å². The molecule has 102 valence electrons. The number of halogens is 2. The minimum absolute atomic E-state index is 0.207. The van der Waals surface area contributed by atoms with Gasteiger partial charge in [0.25, 0.3) is 0 Å². The Morgan fingerprint density at radius 3 is 2.85 bits per heavy atom. The number of nitrogens with one attached hydrogen (secondary N) is 1. The van der Waals surface area contributed by atoms with Crippen LogP contribution in [0.3, 0.4) is 0 Å². The van der Waals surface area contributed by atoms with Gasteiger partial charge in [0, 0.05) is 12.4 Å². The monoisotopic (exact) mass is 309 g/mol. The average molecular weight is 309 g/mol. The number of nitrogens with zero attached hydrogens (tertiary/aromatic N) is 2. The van der Waals surface area contributed by atoms with Crippen LogP contribution in [0.25, 0.3) is 10.2 Å². The van der Waals surface area contributed by atoms with Gasteiger partial charge in [-0.1, -0.05) is 11.8 Å². The second kappa shape index (κ2) is 5.34. The van der Waals surface area contributed by atoms with Crippen LogP contribution in [-0.4, -0.2) is 17.0 Å². The van der Waals surface area contributed by atoms with E-state index < -0.39 is 11.6 Å². The topological polar surface area (TPSA) is 37.8 Å². The van der Waals surface area contributed by atoms with Crippen molar-refractivity contribution >= 4 is 39.3 Å². The molecule has 1 aromatic carbocycles. The number of thiophene rings is 1. The molecule has 3 rings (SSSR count). The standard InChI is InChI=1S/C13H9F2N3S2/c1-16-13-17-11-8(4-5-19-11)12(18-13)20-10-6-7(14)2-3-9(10)15/h2-6H,1H3,(H,16,17,18). The zero-order valence-corrected chi connectivity index (χ0v) is 12.0. The van der Waals surface area contributed by atoms with Crippen molar-refractivity contribution in [1.29, 1.82) is 0 Å². The van der Waals surface area contributed by atoms with Crippen LogP contribution in [-0.2, 0) is 0 Å². The van der Waals surface area contributed by atoms with Gasteiger partial charge in [0.1, 0.15) is 21.5 Å². The molecule has 0 fully saturated rings. The summed E-state index contributed by atoms with van der Waals surface area (Å²) in [6, 6.07) is 5.25. The Labute approximate surface area is 122 Å². The highest BCUT2D eigenvalue weighted by Crippen LogP contribution is 2.35. The second-order valence-electron chi connectivity index (χ2n) is 3.92. The van der Waals surface area contributed by atoms with Crippen LogP contribution in [0.2, 0.25) is 0 Å². The molecule has 0 spiro atoms. The third-order valence-corrected chi connectivity index (χ3v) is 4.46. The quantitative estimate of drug-likeness (QED) is 0.737. The molecule has 3 nitrogen and oxygen atoms in total. The smallest absolute Gasteiger partial charge is 0.224 e. The molecule has 0 bridgehead atoms. The van der Waals surface area contributed by atoms with E-state index >= 15 is 0 Å². The highest BCUT2D eigenvalue weighted by atomic mass is 32.2. The van der Waals surface area contributed by atoms with Gasteiger partial charge in [-0.25, -0.2) is 18.7 Å². The zero-order chi connectivity index (χ0) is 14.1. The first-order chi connectivity index (χ1) is 9.67. The molecule has 20 heavy (non-hydrogen) atoms. The molecule has 0 aliphatic rings. The zero-order valence-electron chi connectivity index (χ0n) is 10.4. The summed E-state index contributed by atoms with van der Waals surface area (Å²) in [5.41, 5.74) is 0. The largest absolute Gasteiger partial charge is 0.357 e. The first kappa shape index (κ1) is 13.3. The Balaban J connectivity index is 2.09. The number of hydrogen-bond acceptors (Lipinski definition) is 5. The van der Waals surface area contributed by atoms with Gasteiger partial charge in [-0.15, -0.1) is 11.3 Å². The number of anilines is 1. The summed E-state index contributed by atoms with van der Waals surface area (Å²) in [5.74, 6) is -0.484. The molecule has 0 saturated heterocycles. The molecule has 7 heteroatoms. The molecule has 0 amide bonds. The van der Waals surface area contributed by atoms with Gasteiger partial charge in [0.2, 0.25) is 5.95 Å². The van der Waals surface area contributed by atoms with E-state index in [4.69, 9.17) is 0 Å². The Morgan fingerprint density at radius 2 is 2.05 bits per heavy atom. The predicted molar refractivity (Wildman–Crippen MR) is 77.4 cm³/mol. The Hall–Kier alpha value is -1.73. The molecule has 0 aliphatic heterocycles. The van der Waals surface area contributed by atoms with Gasteiger partial charge in [0.05, 0.1) is 4.90 Å². The molecule has 2 heterocycles. The van der Waals surface area contributed by atoms with E-state index in [9.17, 15) is 8.78 Å². The summed E-state index contributed by atoms with van der Waals surface area (Å²) in [7, 11) is 1.71. The van der Waals surface area contributed by atoms with Gasteiger partial charge in [0.15, 0.2) is 0 Å². The summed E-state index contributed by atoms with van der Waals surface area (Å²) >= 11 is 2.57. The molecule has 2 aromatic heterocycles. The lowest BCUT2D eigenvalue weighted by atomic mass is 10.3. The minimum Gasteiger partial charge on any atom is -0.357 e. The number of fused-ring (bicyclic) bond motifs is 1. The van der Waals surface area contributed by atoms with E-state index in [1.54, 1.807) is 7.05 Å². The van der Waals surface area contributed by atoms with E-state index in [-0.39, 0.29) is 4.90 Å². The maximum Gasteiger partial charge on any atom is 0.224 e. The summed E-state index contributed by atoms with van der Waals surface area (Å²) in [5, 5.41) is 6.20. The van der Waals surface area contributed by atoms with Crippen LogP contribution in [0.15, 0.2) is 39.6 Å². The van der Waals surface area contributed by atoms with Crippen molar-refractivity contribution in [2.45, 2.75) is 9.92 Å². The first-order valence-electron chi connectivity index (χ1n) is 5.73. The fourth-order valence-electron chi connectivity index (χ4n) is 1.68. The fraction of sp³-hybridized carbons (Fsp3) is 0.0769. The molecule has 0 radical (unpaired) electrons. The number of rotatable bonds is 3.